The van der Waals surface area contributed by atoms with E-state index in [0.717, 1.165) is 15.5 Å². The van der Waals surface area contributed by atoms with E-state index in [1.807, 2.05) is 0 Å². The molecular formula is C39H51N3Na12O58S9. The number of hydrogen-bond donors (Lipinski definition) is 10. The van der Waals surface area contributed by atoms with E-state index < -0.39 is 322 Å². The van der Waals surface area contributed by atoms with Gasteiger partial charge >= 0.3 is 355 Å². The van der Waals surface area contributed by atoms with Gasteiger partial charge in [0.05, 0.1) is 44.3 Å². The monoisotopic (exact) mass is 2050 g/mol. The molecule has 0 saturated carbocycles. The fraction of sp³-hybridized carbons (Fsp3) is 0.872. The first-order valence-electron chi connectivity index (χ1n) is 28.2. The summed E-state index contributed by atoms with van der Waals surface area (Å²) in [5, 5.41) is 117. The average molecular weight is 2050 g/mol. The normalized spacial score (nSPS) is 34.7. The van der Waals surface area contributed by atoms with Crippen LogP contribution in [-0.4, -0.2) is 381 Å². The van der Waals surface area contributed by atoms with Crippen LogP contribution in [0.25, 0.3) is 0 Å². The van der Waals surface area contributed by atoms with Gasteiger partial charge in [0, 0.05) is 0 Å². The largest absolute Gasteiger partial charge is 1.00 e. The van der Waals surface area contributed by atoms with Gasteiger partial charge in [-0.3, -0.25) is 25.1 Å². The van der Waals surface area contributed by atoms with Gasteiger partial charge in [-0.2, -0.15) is 0 Å². The maximum atomic E-state index is 13.0. The van der Waals surface area contributed by atoms with Crippen molar-refractivity contribution < 1.29 is 619 Å². The van der Waals surface area contributed by atoms with E-state index in [1.165, 1.54) is 4.72 Å². The smallest absolute Gasteiger partial charge is 0.735 e. The molecule has 0 amide bonds. The Hall–Kier alpha value is 8.22. The van der Waals surface area contributed by atoms with Gasteiger partial charge in [0.1, 0.15) is 128 Å². The Balaban J connectivity index is -0.00000217. The number of hydrogen-bond acceptors (Lipinski definition) is 58. The van der Waals surface area contributed by atoms with E-state index in [9.17, 15) is 182 Å². The molecule has 0 radical (unpaired) electrons. The number of ether oxygens (including phenoxy) is 12. The topological polar surface area (TPSA) is 979 Å². The number of aliphatic carboxylic acids is 3. The average Bonchev–Trinajstić information content (AvgIpc) is 0.759. The summed E-state index contributed by atoms with van der Waals surface area (Å²) in [5.74, 6) is -8.32. The van der Waals surface area contributed by atoms with Crippen molar-refractivity contribution in [2.75, 3.05) is 26.4 Å². The van der Waals surface area contributed by atoms with Crippen LogP contribution in [0.5, 0.6) is 0 Å². The van der Waals surface area contributed by atoms with Gasteiger partial charge < -0.3 is 163 Å². The Morgan fingerprint density at radius 3 is 0.769 bits per heavy atom. The first kappa shape index (κ1) is 142. The number of nitrogens with one attached hydrogen (secondary N) is 3. The third-order valence-electron chi connectivity index (χ3n) is 14.8. The quantitative estimate of drug-likeness (QED) is 0.0119. The van der Waals surface area contributed by atoms with Crippen LogP contribution >= 0.6 is 0 Å². The second-order valence-electron chi connectivity index (χ2n) is 22.2. The number of carbonyl (C=O) groups excluding carboxylic acids is 3. The van der Waals surface area contributed by atoms with E-state index in [0.29, 0.717) is 0 Å². The molecule has 0 bridgehead atoms. The van der Waals surface area contributed by atoms with Gasteiger partial charge in [-0.1, -0.05) is 6.08 Å². The van der Waals surface area contributed by atoms with Crippen molar-refractivity contribution in [3.8, 4) is 0 Å². The predicted molar refractivity (Wildman–Crippen MR) is 290 cm³/mol. The number of aliphatic hydroxyl groups is 7. The molecule has 0 aliphatic carbocycles. The van der Waals surface area contributed by atoms with Gasteiger partial charge in [-0.25, -0.2) is 89.9 Å². The second-order valence-corrected chi connectivity index (χ2v) is 31.8. The van der Waals surface area contributed by atoms with Crippen molar-refractivity contribution in [2.45, 2.75) is 184 Å². The molecule has 10 N–H and O–H groups in total. The Labute approximate surface area is 950 Å². The van der Waals surface area contributed by atoms with Crippen molar-refractivity contribution in [3.05, 3.63) is 12.7 Å². The third-order valence-corrected chi connectivity index (χ3v) is 19.1. The molecule has 82 heteroatoms. The van der Waals surface area contributed by atoms with E-state index in [1.54, 1.807) is 0 Å². The summed E-state index contributed by atoms with van der Waals surface area (Å²) in [6.07, 6.45) is -84.8. The molecule has 0 aromatic heterocycles. The molecule has 0 aromatic rings. The van der Waals surface area contributed by atoms with E-state index in [-0.39, 0.29) is 355 Å². The summed E-state index contributed by atoms with van der Waals surface area (Å²) < 4.78 is 415. The first-order valence-corrected chi connectivity index (χ1v) is 40.4. The van der Waals surface area contributed by atoms with Gasteiger partial charge in [-0.05, 0) is 0 Å². The Morgan fingerprint density at radius 2 is 0.537 bits per heavy atom. The summed E-state index contributed by atoms with van der Waals surface area (Å²) in [7, 11) is -56.3. The Kier molecular flexibility index (Phi) is 69.6. The van der Waals surface area contributed by atoms with Crippen molar-refractivity contribution in [1.82, 2.24) is 14.2 Å². The maximum Gasteiger partial charge on any atom is 1.00 e. The van der Waals surface area contributed by atoms with Crippen LogP contribution in [-0.2, 0) is 190 Å². The zero-order valence-corrected chi connectivity index (χ0v) is 95.4. The number of carbonyl (C=O) groups is 3. The molecular weight excluding hydrogens is 2000 g/mol. The number of carboxylic acid groups (broad SMARTS) is 3. The molecule has 6 saturated heterocycles. The first-order chi connectivity index (χ1) is 49.5. The summed E-state index contributed by atoms with van der Waals surface area (Å²) in [6, 6.07) is -9.06. The van der Waals surface area contributed by atoms with Crippen LogP contribution in [0.15, 0.2) is 12.7 Å². The number of carboxylic acids is 3. The molecule has 6 rings (SSSR count). The minimum absolute atomic E-state index is 0. The Morgan fingerprint density at radius 1 is 0.306 bits per heavy atom. The molecule has 636 valence electrons. The Bertz CT molecular complexity index is 4340. The molecule has 0 spiro atoms. The summed E-state index contributed by atoms with van der Waals surface area (Å²) >= 11 is 0. The molecule has 121 heavy (non-hydrogen) atoms. The molecule has 6 aliphatic rings. The van der Waals surface area contributed by atoms with Gasteiger partial charge in [0.2, 0.25) is 62.4 Å². The molecule has 6 aliphatic heterocycles. The van der Waals surface area contributed by atoms with Gasteiger partial charge in [0.15, 0.2) is 87.0 Å². The zero-order chi connectivity index (χ0) is 82.9. The minimum Gasteiger partial charge on any atom is -0.735 e. The summed E-state index contributed by atoms with van der Waals surface area (Å²) in [6.45, 7) is -3.41. The number of aliphatic hydroxyl groups excluding tert-OH is 7. The maximum absolute atomic E-state index is 13.0. The molecule has 30 atom stereocenters. The van der Waals surface area contributed by atoms with Gasteiger partial charge in [-0.15, -0.1) is 6.58 Å². The van der Waals surface area contributed by atoms with E-state index in [4.69, 9.17) is 56.8 Å². The van der Waals surface area contributed by atoms with Crippen LogP contribution < -0.4 is 384 Å². The van der Waals surface area contributed by atoms with Crippen LogP contribution in [0.3, 0.4) is 0 Å². The minimum atomic E-state index is -6.67. The van der Waals surface area contributed by atoms with Crippen molar-refractivity contribution in [2.24, 2.45) is 0 Å². The summed E-state index contributed by atoms with van der Waals surface area (Å²) in [5.41, 5.74) is 0. The fourth-order valence-electron chi connectivity index (χ4n) is 10.7. The standard InChI is InChI=1S/C39H63N3O58S9.12Na/c1-2-3-83-34-10(40-101(56,57)58)13(43)20(7(87-34)4-84-104(65,66)67)91-38-27(99-108(77,78)79)18(48)23(29(96-38)32(52)53)94-36-12(42-103(62,63)64)15(45)22(9(89-36)6-86-106(71,72)73)92-39-28(100-109(80,81)82)19(49)24(30(97-39)33(54)55)93-35-11(41-102(59,60)61)14(44)21(8(88-35)5-85-105(68,69)70)90-37-26(98-107(74,75)76)17(47)16(46)25(95-37)31(50)51;;;;;;;;;;;;/h2,7-30,34-49H,1,3-6H2,(H,50,51)(H,52,53)(H,54,55)(H,56,57,58)(H,59,60,61)(H,62,63,64)(H,65,66,67)(H,68,69,70)(H,71,72,73)(H,74,75,76)(H,77,78,79)(H,80,81,82);;;;;;;;;;;;/q;12*+1/p-12/t7-,8-,9-,10-,11-,12-,13-,14-,15-,16+,17+,18+,19+,20-,21-,22-,23+,24+,25-,26-,27-,28-,29-,30-,34+,35-,36-,37-,38-,39-;;;;;;;;;;;;/m1............/s1. The van der Waals surface area contributed by atoms with E-state index >= 15 is 0 Å². The van der Waals surface area contributed by atoms with Gasteiger partial charge in [0.25, 0.3) is 0 Å². The van der Waals surface area contributed by atoms with Crippen LogP contribution in [0, 0.1) is 0 Å². The van der Waals surface area contributed by atoms with Crippen molar-refractivity contribution >= 4 is 111 Å². The molecule has 0 aromatic carbocycles. The second kappa shape index (κ2) is 59.2. The molecule has 61 nitrogen and oxygen atoms in total. The number of rotatable bonds is 37. The van der Waals surface area contributed by atoms with Crippen LogP contribution in [0.1, 0.15) is 0 Å². The van der Waals surface area contributed by atoms with Crippen molar-refractivity contribution in [3.63, 3.8) is 0 Å². The van der Waals surface area contributed by atoms with Crippen LogP contribution in [0.4, 0.5) is 0 Å². The molecule has 6 fully saturated rings. The zero-order valence-electron chi connectivity index (χ0n) is 64.1. The predicted octanol–water partition coefficient (Wildman–Crippen LogP) is -58.5. The van der Waals surface area contributed by atoms with E-state index in [2.05, 4.69) is 31.7 Å². The summed E-state index contributed by atoms with van der Waals surface area (Å²) in [4.78, 5) is 37.8. The van der Waals surface area contributed by atoms with Crippen molar-refractivity contribution in [1.29, 1.82) is 0 Å². The fourth-order valence-corrected chi connectivity index (χ4v) is 14.8. The van der Waals surface area contributed by atoms with Crippen LogP contribution in [0.2, 0.25) is 0 Å². The third kappa shape index (κ3) is 45.4. The molecule has 6 heterocycles. The SMILES string of the molecule is C=CCO[C@H]1O[C@H](COS(=O)(=O)[O-])[C@@H](O[C@@H]2O[C@@H](C(=O)[O-])[C@@H](O[C@H]3O[C@H](COS(=O)(=O)[O-])[C@@H](O[C@@H]4O[C@@H](C(=O)[O-])[C@@H](O[C@H]5O[C@H](COS(=O)(=O)[O-])[C@@H](O[C@@H]6O[C@@H](C(=O)[O-])[C@@H](O)[C@H](O)[C@H]6OS(=O)(=O)[O-])[C@H](O)[C@H]5NS(=O)(=O)[O-])[C@H](O)[C@H]4OS(=O)(=O)[O-])[C@H](O)[C@H]3NS(=O)(=O)[O-])[C@H](O)[C@H]2OS(=O)(=O)[O-])[C@H](O)[C@H]1NS(=O)(=O)[O-].[Na+].[Na+].[Na+].[Na+].[Na+].[Na+].[Na+].[Na+].[Na+].[Na+].[Na+].[Na+]. The molecule has 0 unspecified atom stereocenters.